The Kier molecular flexibility index (Phi) is 69.9. The molecule has 81 heavy (non-hydrogen) atoms. The number of esters is 1. The van der Waals surface area contributed by atoms with Crippen molar-refractivity contribution in [1.82, 2.24) is 5.32 Å². The van der Waals surface area contributed by atoms with Crippen molar-refractivity contribution < 1.29 is 24.5 Å². The number of amides is 1. The number of carbonyl (C=O) groups excluding carboxylic acids is 2. The van der Waals surface area contributed by atoms with Crippen LogP contribution in [0, 0.1) is 0 Å². The molecule has 482 valence electrons. The van der Waals surface area contributed by atoms with Gasteiger partial charge in [0.15, 0.2) is 0 Å². The van der Waals surface area contributed by atoms with E-state index in [4.69, 9.17) is 4.74 Å². The number of hydrogen-bond acceptors (Lipinski definition) is 5. The number of aliphatic hydroxyl groups excluding tert-OH is 2. The van der Waals surface area contributed by atoms with E-state index in [2.05, 4.69) is 31.3 Å². The quantitative estimate of drug-likeness (QED) is 0.0320. The van der Waals surface area contributed by atoms with Crippen molar-refractivity contribution in [3.63, 3.8) is 0 Å². The summed E-state index contributed by atoms with van der Waals surface area (Å²) in [6, 6.07) is -0.539. The highest BCUT2D eigenvalue weighted by molar-refractivity contribution is 5.76. The van der Waals surface area contributed by atoms with Gasteiger partial charge in [0.1, 0.15) is 0 Å². The summed E-state index contributed by atoms with van der Waals surface area (Å²) in [4.78, 5) is 24.6. The highest BCUT2D eigenvalue weighted by atomic mass is 16.5. The average Bonchev–Trinajstić information content (AvgIpc) is 3.47. The van der Waals surface area contributed by atoms with Gasteiger partial charge in [-0.2, -0.15) is 0 Å². The standard InChI is InChI=1S/C75H147NO5/c1-3-5-7-9-11-13-15-17-19-20-21-33-36-40-43-47-51-55-59-63-67-73(78)72(71-77)76-74(79)68-64-60-56-52-48-44-41-37-34-31-29-27-25-23-22-24-26-28-30-32-35-38-42-46-50-54-58-62-66-70-81-75(80)69-65-61-57-53-49-45-39-18-16-14-12-10-8-6-4-2/h18,39,72-73,77-78H,3-17,19-38,40-71H2,1-2H3,(H,76,79)/b39-18-. The largest absolute Gasteiger partial charge is 0.466 e. The number of nitrogens with one attached hydrogen (secondary N) is 1. The molecule has 0 rings (SSSR count). The third-order valence-electron chi connectivity index (χ3n) is 17.8. The van der Waals surface area contributed by atoms with Crippen molar-refractivity contribution in [2.45, 2.75) is 443 Å². The van der Waals surface area contributed by atoms with Crippen molar-refractivity contribution in [2.75, 3.05) is 13.2 Å². The van der Waals surface area contributed by atoms with Gasteiger partial charge in [-0.3, -0.25) is 9.59 Å². The monoisotopic (exact) mass is 1140 g/mol. The maximum absolute atomic E-state index is 12.6. The molecule has 1 amide bonds. The van der Waals surface area contributed by atoms with Crippen LogP contribution >= 0.6 is 0 Å². The zero-order valence-electron chi connectivity index (χ0n) is 55.3. The number of unbranched alkanes of at least 4 members (excludes halogenated alkanes) is 58. The second-order valence-electron chi connectivity index (χ2n) is 26.0. The third-order valence-corrected chi connectivity index (χ3v) is 17.8. The molecule has 0 saturated heterocycles. The minimum Gasteiger partial charge on any atom is -0.466 e. The first-order valence-electron chi connectivity index (χ1n) is 37.4. The van der Waals surface area contributed by atoms with Crippen LogP contribution in [0.25, 0.3) is 0 Å². The van der Waals surface area contributed by atoms with Crippen LogP contribution in [0.15, 0.2) is 12.2 Å². The van der Waals surface area contributed by atoms with Gasteiger partial charge >= 0.3 is 5.97 Å². The van der Waals surface area contributed by atoms with E-state index in [-0.39, 0.29) is 18.5 Å². The van der Waals surface area contributed by atoms with Crippen molar-refractivity contribution in [3.05, 3.63) is 12.2 Å². The highest BCUT2D eigenvalue weighted by Crippen LogP contribution is 2.20. The Bertz CT molecular complexity index is 1220. The van der Waals surface area contributed by atoms with Crippen molar-refractivity contribution in [1.29, 1.82) is 0 Å². The van der Waals surface area contributed by atoms with Crippen LogP contribution in [0.4, 0.5) is 0 Å². The topological polar surface area (TPSA) is 95.9 Å². The molecular formula is C75H147NO5. The molecular weight excluding hydrogens is 995 g/mol. The molecule has 0 fully saturated rings. The molecule has 0 spiro atoms. The van der Waals surface area contributed by atoms with Crippen LogP contribution < -0.4 is 5.32 Å². The maximum Gasteiger partial charge on any atom is 0.305 e. The summed E-state index contributed by atoms with van der Waals surface area (Å²) in [6.45, 7) is 4.99. The van der Waals surface area contributed by atoms with Gasteiger partial charge in [-0.25, -0.2) is 0 Å². The fraction of sp³-hybridized carbons (Fsp3) is 0.947. The minimum atomic E-state index is -0.662. The van der Waals surface area contributed by atoms with Crippen molar-refractivity contribution in [3.8, 4) is 0 Å². The number of hydrogen-bond donors (Lipinski definition) is 3. The Balaban J connectivity index is 3.33. The molecule has 0 aromatic rings. The molecule has 0 aromatic carbocycles. The average molecular weight is 1140 g/mol. The summed E-state index contributed by atoms with van der Waals surface area (Å²) < 4.78 is 5.50. The molecule has 0 aliphatic rings. The highest BCUT2D eigenvalue weighted by Gasteiger charge is 2.20. The first kappa shape index (κ1) is 79.6. The summed E-state index contributed by atoms with van der Waals surface area (Å²) in [5, 5.41) is 23.4. The molecule has 0 aliphatic carbocycles. The molecule has 6 nitrogen and oxygen atoms in total. The smallest absolute Gasteiger partial charge is 0.305 e. The Morgan fingerprint density at radius 1 is 0.333 bits per heavy atom. The van der Waals surface area contributed by atoms with Crippen LogP contribution in [0.5, 0.6) is 0 Å². The van der Waals surface area contributed by atoms with E-state index < -0.39 is 12.1 Å². The van der Waals surface area contributed by atoms with Gasteiger partial charge in [0, 0.05) is 12.8 Å². The molecule has 0 aliphatic heterocycles. The zero-order valence-corrected chi connectivity index (χ0v) is 55.3. The Morgan fingerprint density at radius 3 is 0.877 bits per heavy atom. The summed E-state index contributed by atoms with van der Waals surface area (Å²) >= 11 is 0. The summed E-state index contributed by atoms with van der Waals surface area (Å²) in [7, 11) is 0. The molecule has 0 heterocycles. The summed E-state index contributed by atoms with van der Waals surface area (Å²) in [5.74, 6) is -0.0136. The van der Waals surface area contributed by atoms with Crippen LogP contribution in [0.2, 0.25) is 0 Å². The summed E-state index contributed by atoms with van der Waals surface area (Å²) in [6.07, 6.45) is 88.5. The molecule has 0 aromatic heterocycles. The number of rotatable bonds is 71. The number of carbonyl (C=O) groups is 2. The van der Waals surface area contributed by atoms with Gasteiger partial charge in [0.25, 0.3) is 0 Å². The lowest BCUT2D eigenvalue weighted by Crippen LogP contribution is -2.45. The molecule has 0 bridgehead atoms. The number of aliphatic hydroxyl groups is 2. The molecule has 2 unspecified atom stereocenters. The van der Waals surface area contributed by atoms with E-state index in [1.165, 1.54) is 353 Å². The zero-order chi connectivity index (χ0) is 58.5. The SMILES string of the molecule is CCCCCCCC/C=C\CCCCCCCC(=O)OCCCCCCCCCCCCCCCCCCCCCCCCCCCCCCCC(=O)NC(CO)C(O)CCCCCCCCCCCCCCCCCCCCCC. The lowest BCUT2D eigenvalue weighted by atomic mass is 10.0. The van der Waals surface area contributed by atoms with Gasteiger partial charge in [-0.1, -0.05) is 379 Å². The first-order valence-corrected chi connectivity index (χ1v) is 37.4. The van der Waals surface area contributed by atoms with E-state index >= 15 is 0 Å². The predicted octanol–water partition coefficient (Wildman–Crippen LogP) is 24.3. The van der Waals surface area contributed by atoms with Crippen LogP contribution in [-0.2, 0) is 14.3 Å². The Hall–Kier alpha value is -1.40. The lowest BCUT2D eigenvalue weighted by molar-refractivity contribution is -0.143. The van der Waals surface area contributed by atoms with Crippen LogP contribution in [0.1, 0.15) is 431 Å². The van der Waals surface area contributed by atoms with Gasteiger partial charge < -0.3 is 20.3 Å². The van der Waals surface area contributed by atoms with E-state index in [0.29, 0.717) is 25.9 Å². The predicted molar refractivity (Wildman–Crippen MR) is 357 cm³/mol. The van der Waals surface area contributed by atoms with E-state index in [1.807, 2.05) is 0 Å². The normalized spacial score (nSPS) is 12.5. The number of allylic oxidation sites excluding steroid dienone is 2. The summed E-state index contributed by atoms with van der Waals surface area (Å²) in [5.41, 5.74) is 0. The van der Waals surface area contributed by atoms with E-state index in [0.717, 1.165) is 44.9 Å². The lowest BCUT2D eigenvalue weighted by Gasteiger charge is -2.22. The van der Waals surface area contributed by atoms with E-state index in [1.54, 1.807) is 0 Å². The fourth-order valence-corrected chi connectivity index (χ4v) is 12.1. The minimum absolute atomic E-state index is 0.0127. The van der Waals surface area contributed by atoms with Crippen molar-refractivity contribution >= 4 is 11.9 Å². The molecule has 0 radical (unpaired) electrons. The van der Waals surface area contributed by atoms with Gasteiger partial charge in [-0.05, 0) is 51.4 Å². The molecule has 2 atom stereocenters. The van der Waals surface area contributed by atoms with Crippen LogP contribution in [-0.4, -0.2) is 47.4 Å². The maximum atomic E-state index is 12.6. The molecule has 3 N–H and O–H groups in total. The Morgan fingerprint density at radius 2 is 0.580 bits per heavy atom. The van der Waals surface area contributed by atoms with Gasteiger partial charge in [0.2, 0.25) is 5.91 Å². The van der Waals surface area contributed by atoms with Gasteiger partial charge in [-0.15, -0.1) is 0 Å². The van der Waals surface area contributed by atoms with Crippen molar-refractivity contribution in [2.24, 2.45) is 0 Å². The molecule has 0 saturated carbocycles. The second kappa shape index (κ2) is 71.1. The molecule has 6 heteroatoms. The fourth-order valence-electron chi connectivity index (χ4n) is 12.1. The third kappa shape index (κ3) is 67.6. The Labute approximate surface area is 508 Å². The van der Waals surface area contributed by atoms with Gasteiger partial charge in [0.05, 0.1) is 25.4 Å². The van der Waals surface area contributed by atoms with Crippen LogP contribution in [0.3, 0.4) is 0 Å². The number of ether oxygens (including phenoxy) is 1. The van der Waals surface area contributed by atoms with E-state index in [9.17, 15) is 19.8 Å². The second-order valence-corrected chi connectivity index (χ2v) is 26.0. The first-order chi connectivity index (χ1) is 40.0.